The van der Waals surface area contributed by atoms with E-state index in [1.807, 2.05) is 0 Å². The zero-order chi connectivity index (χ0) is 24.5. The Morgan fingerprint density at radius 2 is 0.970 bits per heavy atom. The molecule has 0 radical (unpaired) electrons. The first-order valence-electron chi connectivity index (χ1n) is 14.1. The molecule has 0 rings (SSSR count). The standard InChI is InChI=1S/C27H56N2O4/c1-2-3-4-5-6-7-8-9-10-11-12-13-14-15-16-17-18-19-20-22-26(30)29-24-21-23-28-25-27(31,32)33/h28,31-33H,2-25H2,1H3,(H,29,30). The Labute approximate surface area is 204 Å². The highest BCUT2D eigenvalue weighted by molar-refractivity contribution is 5.75. The van der Waals surface area contributed by atoms with Crippen LogP contribution in [0.1, 0.15) is 142 Å². The molecule has 0 fully saturated rings. The Morgan fingerprint density at radius 3 is 1.36 bits per heavy atom. The van der Waals surface area contributed by atoms with E-state index in [1.54, 1.807) is 0 Å². The summed E-state index contributed by atoms with van der Waals surface area (Å²) in [5.74, 6) is -2.59. The van der Waals surface area contributed by atoms with Gasteiger partial charge >= 0.3 is 0 Å². The predicted molar refractivity (Wildman–Crippen MR) is 138 cm³/mol. The zero-order valence-electron chi connectivity index (χ0n) is 21.7. The van der Waals surface area contributed by atoms with Crippen molar-refractivity contribution in [2.75, 3.05) is 19.6 Å². The van der Waals surface area contributed by atoms with Crippen LogP contribution in [0.5, 0.6) is 0 Å². The van der Waals surface area contributed by atoms with E-state index in [9.17, 15) is 4.79 Å². The number of aliphatic hydroxyl groups is 3. The highest BCUT2D eigenvalue weighted by Gasteiger charge is 2.16. The number of hydrogen-bond acceptors (Lipinski definition) is 5. The summed E-state index contributed by atoms with van der Waals surface area (Å²) < 4.78 is 0. The molecule has 0 aromatic carbocycles. The largest absolute Gasteiger partial charge is 0.356 e. The normalized spacial score (nSPS) is 11.8. The number of carbonyl (C=O) groups excluding carboxylic acids is 1. The van der Waals surface area contributed by atoms with Crippen LogP contribution in [0.4, 0.5) is 0 Å². The summed E-state index contributed by atoms with van der Waals surface area (Å²) in [7, 11) is 0. The molecule has 0 aromatic rings. The van der Waals surface area contributed by atoms with E-state index in [2.05, 4.69) is 17.6 Å². The molecule has 5 N–H and O–H groups in total. The van der Waals surface area contributed by atoms with Gasteiger partial charge in [0.05, 0.1) is 6.54 Å². The van der Waals surface area contributed by atoms with Crippen LogP contribution in [0.2, 0.25) is 0 Å². The summed E-state index contributed by atoms with van der Waals surface area (Å²) in [5, 5.41) is 31.8. The van der Waals surface area contributed by atoms with Crippen LogP contribution in [0, 0.1) is 0 Å². The molecular formula is C27H56N2O4. The molecule has 0 heterocycles. The second-order valence-electron chi connectivity index (χ2n) is 9.77. The van der Waals surface area contributed by atoms with Crippen LogP contribution in [-0.4, -0.2) is 46.8 Å². The van der Waals surface area contributed by atoms with Crippen molar-refractivity contribution in [3.63, 3.8) is 0 Å². The molecule has 0 aliphatic carbocycles. The lowest BCUT2D eigenvalue weighted by atomic mass is 10.0. The Balaban J connectivity index is 3.15. The Bertz CT molecular complexity index is 413. The molecule has 6 heteroatoms. The van der Waals surface area contributed by atoms with Crippen LogP contribution in [0.3, 0.4) is 0 Å². The van der Waals surface area contributed by atoms with E-state index in [0.717, 1.165) is 12.8 Å². The topological polar surface area (TPSA) is 102 Å². The monoisotopic (exact) mass is 472 g/mol. The van der Waals surface area contributed by atoms with Crippen LogP contribution in [0.15, 0.2) is 0 Å². The minimum atomic E-state index is -2.67. The molecule has 0 spiro atoms. The van der Waals surface area contributed by atoms with Gasteiger partial charge in [0.2, 0.25) is 5.91 Å². The maximum atomic E-state index is 11.8. The van der Waals surface area contributed by atoms with Crippen molar-refractivity contribution < 1.29 is 20.1 Å². The fourth-order valence-electron chi connectivity index (χ4n) is 4.15. The van der Waals surface area contributed by atoms with Gasteiger partial charge in [0.1, 0.15) is 0 Å². The fraction of sp³-hybridized carbons (Fsp3) is 0.963. The molecule has 0 aliphatic heterocycles. The molecule has 0 atom stereocenters. The lowest BCUT2D eigenvalue weighted by Crippen LogP contribution is -2.40. The van der Waals surface area contributed by atoms with Crippen LogP contribution >= 0.6 is 0 Å². The van der Waals surface area contributed by atoms with E-state index in [4.69, 9.17) is 15.3 Å². The Kier molecular flexibility index (Phi) is 23.9. The van der Waals surface area contributed by atoms with Crippen molar-refractivity contribution >= 4 is 5.91 Å². The van der Waals surface area contributed by atoms with Gasteiger partial charge in [-0.05, 0) is 19.4 Å². The van der Waals surface area contributed by atoms with Gasteiger partial charge in [0, 0.05) is 13.0 Å². The third kappa shape index (κ3) is 29.3. The molecular weight excluding hydrogens is 416 g/mol. The predicted octanol–water partition coefficient (Wildman–Crippen LogP) is 5.53. The summed E-state index contributed by atoms with van der Waals surface area (Å²) in [5.41, 5.74) is 0. The highest BCUT2D eigenvalue weighted by Crippen LogP contribution is 2.14. The van der Waals surface area contributed by atoms with Crippen molar-refractivity contribution in [1.29, 1.82) is 0 Å². The van der Waals surface area contributed by atoms with Gasteiger partial charge in [-0.25, -0.2) is 0 Å². The smallest absolute Gasteiger partial charge is 0.288 e. The van der Waals surface area contributed by atoms with E-state index >= 15 is 0 Å². The summed E-state index contributed by atoms with van der Waals surface area (Å²) in [4.78, 5) is 11.8. The van der Waals surface area contributed by atoms with Crippen molar-refractivity contribution in [1.82, 2.24) is 10.6 Å². The number of rotatable bonds is 26. The molecule has 0 saturated heterocycles. The van der Waals surface area contributed by atoms with Crippen molar-refractivity contribution in [3.8, 4) is 0 Å². The minimum absolute atomic E-state index is 0.0859. The number of nitrogens with one attached hydrogen (secondary N) is 2. The molecule has 0 aromatic heterocycles. The van der Waals surface area contributed by atoms with Gasteiger partial charge in [0.25, 0.3) is 5.97 Å². The molecule has 0 bridgehead atoms. The molecule has 33 heavy (non-hydrogen) atoms. The number of hydrogen-bond donors (Lipinski definition) is 5. The van der Waals surface area contributed by atoms with Crippen molar-refractivity contribution in [2.45, 2.75) is 148 Å². The van der Waals surface area contributed by atoms with Crippen molar-refractivity contribution in [3.05, 3.63) is 0 Å². The van der Waals surface area contributed by atoms with Gasteiger partial charge < -0.3 is 26.0 Å². The van der Waals surface area contributed by atoms with E-state index in [-0.39, 0.29) is 12.5 Å². The molecule has 0 saturated carbocycles. The van der Waals surface area contributed by atoms with Crippen LogP contribution < -0.4 is 10.6 Å². The second kappa shape index (κ2) is 24.4. The number of unbranched alkanes of at least 4 members (excludes halogenated alkanes) is 18. The van der Waals surface area contributed by atoms with Crippen molar-refractivity contribution in [2.24, 2.45) is 0 Å². The SMILES string of the molecule is CCCCCCCCCCCCCCCCCCCCCC(=O)NCCCNCC(O)(O)O. The quantitative estimate of drug-likeness (QED) is 0.0841. The third-order valence-electron chi connectivity index (χ3n) is 6.22. The van der Waals surface area contributed by atoms with E-state index < -0.39 is 5.97 Å². The summed E-state index contributed by atoms with van der Waals surface area (Å²) in [6.45, 7) is 3.03. The third-order valence-corrected chi connectivity index (χ3v) is 6.22. The Hall–Kier alpha value is -0.690. The van der Waals surface area contributed by atoms with Gasteiger partial charge in [-0.3, -0.25) is 4.79 Å². The molecule has 1 amide bonds. The molecule has 198 valence electrons. The summed E-state index contributed by atoms with van der Waals surface area (Å²) >= 11 is 0. The van der Waals surface area contributed by atoms with Gasteiger partial charge in [0.15, 0.2) is 0 Å². The van der Waals surface area contributed by atoms with E-state index in [1.165, 1.54) is 109 Å². The minimum Gasteiger partial charge on any atom is -0.356 e. The maximum Gasteiger partial charge on any atom is 0.288 e. The Morgan fingerprint density at radius 1 is 0.576 bits per heavy atom. The van der Waals surface area contributed by atoms with E-state index in [0.29, 0.717) is 25.9 Å². The summed E-state index contributed by atoms with van der Waals surface area (Å²) in [6.07, 6.45) is 26.9. The molecule has 6 nitrogen and oxygen atoms in total. The lowest BCUT2D eigenvalue weighted by molar-refractivity contribution is -0.306. The zero-order valence-corrected chi connectivity index (χ0v) is 21.7. The number of amides is 1. The van der Waals surface area contributed by atoms with Gasteiger partial charge in [-0.2, -0.15) is 0 Å². The maximum absolute atomic E-state index is 11.8. The first kappa shape index (κ1) is 32.3. The molecule has 0 aliphatic rings. The first-order valence-corrected chi connectivity index (χ1v) is 14.1. The van der Waals surface area contributed by atoms with Crippen LogP contribution in [0.25, 0.3) is 0 Å². The first-order chi connectivity index (χ1) is 16.0. The average molecular weight is 473 g/mol. The molecule has 0 unspecified atom stereocenters. The fourth-order valence-corrected chi connectivity index (χ4v) is 4.15. The highest BCUT2D eigenvalue weighted by atomic mass is 16.7. The van der Waals surface area contributed by atoms with Gasteiger partial charge in [-0.15, -0.1) is 0 Å². The lowest BCUT2D eigenvalue weighted by Gasteiger charge is -2.14. The summed E-state index contributed by atoms with van der Waals surface area (Å²) in [6, 6.07) is 0. The number of carbonyl (C=O) groups is 1. The average Bonchev–Trinajstić information content (AvgIpc) is 2.77. The van der Waals surface area contributed by atoms with Crippen LogP contribution in [-0.2, 0) is 4.79 Å². The second-order valence-corrected chi connectivity index (χ2v) is 9.77. The van der Waals surface area contributed by atoms with Gasteiger partial charge in [-0.1, -0.05) is 122 Å².